The Hall–Kier alpha value is -2.38. The van der Waals surface area contributed by atoms with Crippen LogP contribution in [0.1, 0.15) is 58.2 Å². The number of hydrogen-bond acceptors (Lipinski definition) is 4. The van der Waals surface area contributed by atoms with Gasteiger partial charge in [-0.25, -0.2) is 4.39 Å². The molecule has 1 aromatic heterocycles. The minimum absolute atomic E-state index is 0.0673. The molecule has 5 rings (SSSR count). The van der Waals surface area contributed by atoms with Crippen LogP contribution in [-0.4, -0.2) is 76.1 Å². The Bertz CT molecular complexity index is 1280. The van der Waals surface area contributed by atoms with Crippen LogP contribution in [0.2, 0.25) is 10.4 Å². The van der Waals surface area contributed by atoms with Crippen LogP contribution in [0.15, 0.2) is 42.5 Å². The van der Waals surface area contributed by atoms with Crippen molar-refractivity contribution in [3.8, 4) is 5.69 Å². The first-order valence-corrected chi connectivity index (χ1v) is 13.9. The molecule has 2 saturated heterocycles. The van der Waals surface area contributed by atoms with Crippen LogP contribution >= 0.6 is 0 Å². The Balaban J connectivity index is 0.00000106. The first-order valence-electron chi connectivity index (χ1n) is 13.9. The molecule has 10 radical (unpaired) electrons. The molecule has 1 atom stereocenters. The summed E-state index contributed by atoms with van der Waals surface area (Å²) in [6.45, 7) is 8.55. The third-order valence-electron chi connectivity index (χ3n) is 7.26. The fourth-order valence-corrected chi connectivity index (χ4v) is 5.23. The number of fused-ring (bicyclic) bond motifs is 1. The summed E-state index contributed by atoms with van der Waals surface area (Å²) in [5.74, 6) is -0.386. The van der Waals surface area contributed by atoms with E-state index in [-0.39, 0.29) is 25.3 Å². The Morgan fingerprint density at radius 3 is 2.12 bits per heavy atom. The smallest absolute Gasteiger partial charge is 0.127 e. The van der Waals surface area contributed by atoms with Crippen LogP contribution in [0.3, 0.4) is 0 Å². The molecule has 2 aliphatic heterocycles. The topological polar surface area (TPSA) is 59.3 Å². The van der Waals surface area contributed by atoms with Crippen molar-refractivity contribution in [2.24, 2.45) is 0 Å². The van der Waals surface area contributed by atoms with Gasteiger partial charge in [0, 0.05) is 54.1 Å². The van der Waals surface area contributed by atoms with Crippen molar-refractivity contribution < 1.29 is 13.9 Å². The van der Waals surface area contributed by atoms with E-state index in [9.17, 15) is 4.39 Å². The second kappa shape index (κ2) is 13.1. The molecule has 2 aromatic carbocycles. The van der Waals surface area contributed by atoms with Crippen molar-refractivity contribution in [3.05, 3.63) is 59.5 Å². The second-order valence-electron chi connectivity index (χ2n) is 9.87. The molecule has 2 fully saturated rings. The lowest BCUT2D eigenvalue weighted by atomic mass is 9.22. The van der Waals surface area contributed by atoms with E-state index in [4.69, 9.17) is 54.1 Å². The van der Waals surface area contributed by atoms with Crippen molar-refractivity contribution >= 4 is 62.0 Å². The molecule has 3 aromatic rings. The number of anilines is 1. The molecule has 5 nitrogen and oxygen atoms in total. The molecule has 3 heterocycles. The van der Waals surface area contributed by atoms with Gasteiger partial charge < -0.3 is 24.8 Å². The Labute approximate surface area is 244 Å². The highest BCUT2D eigenvalue weighted by Gasteiger charge is 2.54. The van der Waals surface area contributed by atoms with Crippen LogP contribution in [0.25, 0.3) is 16.6 Å². The van der Waals surface area contributed by atoms with E-state index < -0.39 is 15.7 Å². The van der Waals surface area contributed by atoms with Gasteiger partial charge in [-0.05, 0) is 67.0 Å². The highest BCUT2D eigenvalue weighted by molar-refractivity contribution is 6.52. The standard InChI is InChI=1S/C25H23B5FN3O2.2C2H6/c26-23(27)13-35-14-24(28,29)25(23,30)21-11-15-9-19(33-22-3-1-2-8-36-22)16(12-32)10-20(15)34(21)18-6-4-17(31)5-7-18;2*1-2/h4-7,9-12,22,32-33H,1-3,8,13-14H2;2*1-2H3. The van der Waals surface area contributed by atoms with Crippen LogP contribution in [0.5, 0.6) is 0 Å². The lowest BCUT2D eigenvalue weighted by Crippen LogP contribution is -2.59. The fourth-order valence-electron chi connectivity index (χ4n) is 5.23. The Morgan fingerprint density at radius 2 is 1.57 bits per heavy atom. The van der Waals surface area contributed by atoms with Crippen LogP contribution in [-0.2, 0) is 14.8 Å². The SMILES string of the molecule is CC.CC.[B]C1([B])COCC([B])([B])C1([B])c1cc2cc(NC3CCCCO3)c(C=N)cc2n1-c1ccc(F)cc1. The predicted molar refractivity (Wildman–Crippen MR) is 168 cm³/mol. The van der Waals surface area contributed by atoms with E-state index in [2.05, 4.69) is 5.32 Å². The molecule has 0 bridgehead atoms. The monoisotopic (exact) mass is 531 g/mol. The first-order chi connectivity index (χ1) is 19.1. The number of aromatic nitrogens is 1. The highest BCUT2D eigenvalue weighted by Crippen LogP contribution is 2.57. The molecule has 1 unspecified atom stereocenters. The molecule has 0 spiro atoms. The zero-order valence-corrected chi connectivity index (χ0v) is 24.0. The first kappa shape index (κ1) is 32.1. The Kier molecular flexibility index (Phi) is 10.5. The summed E-state index contributed by atoms with van der Waals surface area (Å²) in [7, 11) is 33.0. The van der Waals surface area contributed by atoms with Gasteiger partial charge >= 0.3 is 0 Å². The maximum absolute atomic E-state index is 13.8. The predicted octanol–water partition coefficient (Wildman–Crippen LogP) is 5.06. The molecule has 0 aliphatic carbocycles. The molecule has 200 valence electrons. The zero-order chi connectivity index (χ0) is 29.7. The van der Waals surface area contributed by atoms with Gasteiger partial charge in [-0.2, -0.15) is 0 Å². The van der Waals surface area contributed by atoms with E-state index in [0.29, 0.717) is 29.1 Å². The van der Waals surface area contributed by atoms with Gasteiger partial charge in [-0.15, -0.1) is 0 Å². The summed E-state index contributed by atoms with van der Waals surface area (Å²) in [5, 5.41) is 7.36. The minimum atomic E-state index is -1.64. The molecular weight excluding hydrogens is 495 g/mol. The van der Waals surface area contributed by atoms with Crippen molar-refractivity contribution in [2.45, 2.75) is 68.9 Å². The molecule has 2 aliphatic rings. The lowest BCUT2D eigenvalue weighted by molar-refractivity contribution is 0.0343. The van der Waals surface area contributed by atoms with E-state index in [1.807, 2.05) is 50.5 Å². The summed E-state index contributed by atoms with van der Waals surface area (Å²) in [6, 6.07) is 11.6. The van der Waals surface area contributed by atoms with E-state index >= 15 is 0 Å². The normalized spacial score (nSPS) is 20.8. The average Bonchev–Trinajstić information content (AvgIpc) is 3.32. The van der Waals surface area contributed by atoms with E-state index in [1.54, 1.807) is 12.1 Å². The average molecular weight is 531 g/mol. The van der Waals surface area contributed by atoms with Gasteiger partial charge in [0.05, 0.1) is 44.7 Å². The lowest BCUT2D eigenvalue weighted by Gasteiger charge is -2.60. The highest BCUT2D eigenvalue weighted by atomic mass is 19.1. The summed E-state index contributed by atoms with van der Waals surface area (Å²) in [6.07, 6.45) is 4.08. The maximum atomic E-state index is 13.8. The third-order valence-corrected chi connectivity index (χ3v) is 7.26. The molecule has 0 amide bonds. The molecular formula is C29H35B5FN3O2. The van der Waals surface area contributed by atoms with Crippen LogP contribution < -0.4 is 5.32 Å². The maximum Gasteiger partial charge on any atom is 0.127 e. The largest absolute Gasteiger partial charge is 0.383 e. The van der Waals surface area contributed by atoms with Gasteiger partial charge in [-0.3, -0.25) is 0 Å². The summed E-state index contributed by atoms with van der Waals surface area (Å²) >= 11 is 0. The van der Waals surface area contributed by atoms with Crippen molar-refractivity contribution in [3.63, 3.8) is 0 Å². The summed E-state index contributed by atoms with van der Waals surface area (Å²) in [4.78, 5) is 0. The number of halogens is 1. The van der Waals surface area contributed by atoms with E-state index in [1.165, 1.54) is 18.3 Å². The Morgan fingerprint density at radius 1 is 0.950 bits per heavy atom. The molecule has 2 N–H and O–H groups in total. The van der Waals surface area contributed by atoms with Gasteiger partial charge in [0.15, 0.2) is 0 Å². The molecule has 0 saturated carbocycles. The summed E-state index contributed by atoms with van der Waals surface area (Å²) in [5.41, 5.74) is 3.14. The van der Waals surface area contributed by atoms with Gasteiger partial charge in [0.1, 0.15) is 12.0 Å². The van der Waals surface area contributed by atoms with E-state index in [0.717, 1.165) is 30.3 Å². The van der Waals surface area contributed by atoms with Gasteiger partial charge in [-0.1, -0.05) is 38.1 Å². The minimum Gasteiger partial charge on any atom is -0.383 e. The molecule has 40 heavy (non-hydrogen) atoms. The number of nitrogens with one attached hydrogen (secondary N) is 2. The van der Waals surface area contributed by atoms with Crippen molar-refractivity contribution in [1.82, 2.24) is 4.57 Å². The number of ether oxygens (including phenoxy) is 2. The van der Waals surface area contributed by atoms with Crippen LogP contribution in [0.4, 0.5) is 10.1 Å². The second-order valence-corrected chi connectivity index (χ2v) is 9.87. The summed E-state index contributed by atoms with van der Waals surface area (Å²) < 4.78 is 27.0. The van der Waals surface area contributed by atoms with Crippen molar-refractivity contribution in [2.75, 3.05) is 25.1 Å². The zero-order valence-electron chi connectivity index (χ0n) is 24.0. The number of benzene rings is 2. The quantitative estimate of drug-likeness (QED) is 0.358. The number of nitrogens with zero attached hydrogens (tertiary/aromatic N) is 1. The molecule has 11 heteroatoms. The third kappa shape index (κ3) is 5.83. The van der Waals surface area contributed by atoms with Crippen molar-refractivity contribution in [1.29, 1.82) is 5.41 Å². The van der Waals surface area contributed by atoms with Crippen LogP contribution in [0, 0.1) is 11.2 Å². The number of hydrogen-bond donors (Lipinski definition) is 2. The van der Waals surface area contributed by atoms with Gasteiger partial charge in [0.2, 0.25) is 0 Å². The number of rotatable bonds is 5. The fraction of sp³-hybridized carbons (Fsp3) is 0.483. The van der Waals surface area contributed by atoms with Gasteiger partial charge in [0.25, 0.3) is 0 Å².